The highest BCUT2D eigenvalue weighted by atomic mass is 16.5. The highest BCUT2D eigenvalue weighted by molar-refractivity contribution is 5.93. The second-order valence-corrected chi connectivity index (χ2v) is 7.52. The molecule has 0 amide bonds. The van der Waals surface area contributed by atoms with Crippen molar-refractivity contribution in [3.8, 4) is 16.9 Å². The number of nitrogen functional groups attached to an aromatic ring is 1. The molecular weight excluding hydrogens is 404 g/mol. The Bertz CT molecular complexity index is 1250. The molecule has 0 saturated carbocycles. The summed E-state index contributed by atoms with van der Waals surface area (Å²) in [5.74, 6) is 0.265. The lowest BCUT2D eigenvalue weighted by atomic mass is 9.99. The third-order valence-electron chi connectivity index (χ3n) is 5.21. The third kappa shape index (κ3) is 4.76. The van der Waals surface area contributed by atoms with Gasteiger partial charge in [0.25, 0.3) is 0 Å². The van der Waals surface area contributed by atoms with Crippen molar-refractivity contribution in [3.05, 3.63) is 83.6 Å². The molecule has 0 aliphatic carbocycles. The zero-order valence-electron chi connectivity index (χ0n) is 18.0. The van der Waals surface area contributed by atoms with E-state index in [0.717, 1.165) is 38.8 Å². The second kappa shape index (κ2) is 9.58. The van der Waals surface area contributed by atoms with E-state index < -0.39 is 0 Å². The van der Waals surface area contributed by atoms with E-state index in [1.54, 1.807) is 31.4 Å². The number of rotatable bonds is 8. The van der Waals surface area contributed by atoms with Gasteiger partial charge in [-0.15, -0.1) is 0 Å². The van der Waals surface area contributed by atoms with E-state index in [2.05, 4.69) is 12.1 Å². The molecule has 0 bridgehead atoms. The number of ether oxygens (including phenoxy) is 2. The SMILES string of the molecule is CCOC(=O)Cc1ccc(N)cc1OCc1cc(-c2cccc(CN)c2)c2occc2c1. The molecule has 6 heteroatoms. The zero-order chi connectivity index (χ0) is 22.5. The number of furan rings is 1. The van der Waals surface area contributed by atoms with E-state index >= 15 is 0 Å². The Hall–Kier alpha value is -3.77. The molecule has 0 radical (unpaired) electrons. The van der Waals surface area contributed by atoms with Gasteiger partial charge in [-0.05, 0) is 53.9 Å². The van der Waals surface area contributed by atoms with Crippen LogP contribution in [-0.2, 0) is 29.1 Å². The molecule has 1 aromatic heterocycles. The Morgan fingerprint density at radius 3 is 2.72 bits per heavy atom. The van der Waals surface area contributed by atoms with Crippen molar-refractivity contribution in [1.29, 1.82) is 0 Å². The van der Waals surface area contributed by atoms with Gasteiger partial charge in [0.2, 0.25) is 0 Å². The van der Waals surface area contributed by atoms with Gasteiger partial charge in [-0.25, -0.2) is 0 Å². The quantitative estimate of drug-likeness (QED) is 0.307. The van der Waals surface area contributed by atoms with Crippen LogP contribution in [-0.4, -0.2) is 12.6 Å². The summed E-state index contributed by atoms with van der Waals surface area (Å²) in [6.45, 7) is 2.90. The summed E-state index contributed by atoms with van der Waals surface area (Å²) in [4.78, 5) is 12.0. The number of benzene rings is 3. The number of hydrogen-bond donors (Lipinski definition) is 2. The Labute approximate surface area is 186 Å². The summed E-state index contributed by atoms with van der Waals surface area (Å²) in [6.07, 6.45) is 1.81. The number of carbonyl (C=O) groups is 1. The maximum absolute atomic E-state index is 12.0. The van der Waals surface area contributed by atoms with Crippen molar-refractivity contribution in [1.82, 2.24) is 0 Å². The number of fused-ring (bicyclic) bond motifs is 1. The minimum atomic E-state index is -0.302. The first-order valence-electron chi connectivity index (χ1n) is 10.5. The normalized spacial score (nSPS) is 10.9. The van der Waals surface area contributed by atoms with Crippen molar-refractivity contribution >= 4 is 22.6 Å². The van der Waals surface area contributed by atoms with Crippen LogP contribution in [0.25, 0.3) is 22.1 Å². The van der Waals surface area contributed by atoms with Crippen LogP contribution >= 0.6 is 0 Å². The molecule has 0 spiro atoms. The molecule has 0 atom stereocenters. The van der Waals surface area contributed by atoms with Crippen LogP contribution in [0, 0.1) is 0 Å². The summed E-state index contributed by atoms with van der Waals surface area (Å²) in [5, 5.41) is 0.985. The van der Waals surface area contributed by atoms with Crippen LogP contribution in [0.15, 0.2) is 71.3 Å². The molecule has 4 rings (SSSR count). The van der Waals surface area contributed by atoms with Gasteiger partial charge in [-0.1, -0.05) is 24.3 Å². The first-order chi connectivity index (χ1) is 15.6. The van der Waals surface area contributed by atoms with Crippen LogP contribution in [0.3, 0.4) is 0 Å². The Morgan fingerprint density at radius 2 is 1.91 bits per heavy atom. The fraction of sp³-hybridized carbons (Fsp3) is 0.192. The van der Waals surface area contributed by atoms with Gasteiger partial charge >= 0.3 is 5.97 Å². The zero-order valence-corrected chi connectivity index (χ0v) is 18.0. The first kappa shape index (κ1) is 21.5. The van der Waals surface area contributed by atoms with Crippen LogP contribution in [0.2, 0.25) is 0 Å². The molecule has 0 aliphatic rings. The van der Waals surface area contributed by atoms with Gasteiger partial charge in [0.1, 0.15) is 17.9 Å². The average molecular weight is 431 g/mol. The van der Waals surface area contributed by atoms with Gasteiger partial charge in [-0.3, -0.25) is 4.79 Å². The Morgan fingerprint density at radius 1 is 1.03 bits per heavy atom. The third-order valence-corrected chi connectivity index (χ3v) is 5.21. The summed E-state index contributed by atoms with van der Waals surface area (Å²) in [6, 6.07) is 19.4. The van der Waals surface area contributed by atoms with Gasteiger partial charge in [0.15, 0.2) is 0 Å². The van der Waals surface area contributed by atoms with E-state index in [1.165, 1.54) is 0 Å². The fourth-order valence-corrected chi connectivity index (χ4v) is 3.69. The molecule has 0 fully saturated rings. The van der Waals surface area contributed by atoms with E-state index in [9.17, 15) is 4.79 Å². The van der Waals surface area contributed by atoms with E-state index in [0.29, 0.717) is 31.2 Å². The lowest BCUT2D eigenvalue weighted by Crippen LogP contribution is -2.09. The van der Waals surface area contributed by atoms with Crippen molar-refractivity contribution in [2.24, 2.45) is 5.73 Å². The molecule has 6 nitrogen and oxygen atoms in total. The monoisotopic (exact) mass is 430 g/mol. The molecule has 32 heavy (non-hydrogen) atoms. The van der Waals surface area contributed by atoms with Gasteiger partial charge in [-0.2, -0.15) is 0 Å². The number of nitrogens with two attached hydrogens (primary N) is 2. The van der Waals surface area contributed by atoms with Gasteiger partial charge < -0.3 is 25.4 Å². The standard InChI is InChI=1S/C26H26N2O4/c1-2-30-25(29)13-20-6-7-22(28)14-24(20)32-16-18-11-21-8-9-31-26(21)23(12-18)19-5-3-4-17(10-19)15-27/h3-12,14H,2,13,15-16,27-28H2,1H3. The fourth-order valence-electron chi connectivity index (χ4n) is 3.69. The molecule has 3 aromatic carbocycles. The van der Waals surface area contributed by atoms with Crippen LogP contribution in [0.4, 0.5) is 5.69 Å². The lowest BCUT2D eigenvalue weighted by molar-refractivity contribution is -0.142. The van der Waals surface area contributed by atoms with Crippen LogP contribution in [0.5, 0.6) is 5.75 Å². The molecule has 4 aromatic rings. The summed E-state index contributed by atoms with van der Waals surface area (Å²) < 4.78 is 16.9. The predicted molar refractivity (Wildman–Crippen MR) is 125 cm³/mol. The highest BCUT2D eigenvalue weighted by Crippen LogP contribution is 2.32. The predicted octanol–water partition coefficient (Wildman–Crippen LogP) is 4.83. The maximum atomic E-state index is 12.0. The average Bonchev–Trinajstić information content (AvgIpc) is 3.27. The van der Waals surface area contributed by atoms with E-state index in [1.807, 2.05) is 30.3 Å². The maximum Gasteiger partial charge on any atom is 0.310 e. The molecule has 0 aliphatic heterocycles. The van der Waals surface area contributed by atoms with Crippen LogP contribution < -0.4 is 16.2 Å². The van der Waals surface area contributed by atoms with Crippen molar-refractivity contribution < 1.29 is 18.7 Å². The summed E-state index contributed by atoms with van der Waals surface area (Å²) >= 11 is 0. The molecule has 4 N–H and O–H groups in total. The van der Waals surface area contributed by atoms with Gasteiger partial charge in [0.05, 0.1) is 19.3 Å². The minimum Gasteiger partial charge on any atom is -0.489 e. The summed E-state index contributed by atoms with van der Waals surface area (Å²) in [7, 11) is 0. The molecular formula is C26H26N2O4. The minimum absolute atomic E-state index is 0.126. The molecule has 1 heterocycles. The molecule has 164 valence electrons. The first-order valence-corrected chi connectivity index (χ1v) is 10.5. The largest absolute Gasteiger partial charge is 0.489 e. The second-order valence-electron chi connectivity index (χ2n) is 7.52. The topological polar surface area (TPSA) is 101 Å². The van der Waals surface area contributed by atoms with Crippen LogP contribution in [0.1, 0.15) is 23.6 Å². The molecule has 0 unspecified atom stereocenters. The number of esters is 1. The van der Waals surface area contributed by atoms with Crippen molar-refractivity contribution in [2.75, 3.05) is 12.3 Å². The lowest BCUT2D eigenvalue weighted by Gasteiger charge is -2.13. The highest BCUT2D eigenvalue weighted by Gasteiger charge is 2.13. The van der Waals surface area contributed by atoms with Crippen molar-refractivity contribution in [2.45, 2.75) is 26.5 Å². The Kier molecular flexibility index (Phi) is 6.42. The Balaban J connectivity index is 1.63. The van der Waals surface area contributed by atoms with Crippen molar-refractivity contribution in [3.63, 3.8) is 0 Å². The van der Waals surface area contributed by atoms with E-state index in [-0.39, 0.29) is 12.4 Å². The number of hydrogen-bond acceptors (Lipinski definition) is 6. The number of carbonyl (C=O) groups excluding carboxylic acids is 1. The molecule has 0 saturated heterocycles. The number of anilines is 1. The van der Waals surface area contributed by atoms with E-state index in [4.69, 9.17) is 25.4 Å². The van der Waals surface area contributed by atoms with Gasteiger partial charge in [0, 0.05) is 34.8 Å². The summed E-state index contributed by atoms with van der Waals surface area (Å²) in [5.41, 5.74) is 17.9. The smallest absolute Gasteiger partial charge is 0.310 e.